The Kier molecular flexibility index (Phi) is 38.7. The van der Waals surface area contributed by atoms with Crippen molar-refractivity contribution in [3.8, 4) is 0 Å². The summed E-state index contributed by atoms with van der Waals surface area (Å²) in [5.74, 6) is -0.498. The molecule has 2 atom stereocenters. The van der Waals surface area contributed by atoms with Crippen LogP contribution in [0.25, 0.3) is 0 Å². The van der Waals surface area contributed by atoms with Crippen LogP contribution in [0.4, 0.5) is 0 Å². The van der Waals surface area contributed by atoms with Crippen LogP contribution in [0.2, 0.25) is 0 Å². The molecule has 0 saturated heterocycles. The van der Waals surface area contributed by atoms with E-state index in [1.54, 1.807) is 13.8 Å². The molecule has 0 aliphatic rings. The third-order valence-electron chi connectivity index (χ3n) is 6.15. The molecular weight excluding hydrogens is 554 g/mol. The molecule has 0 aromatic heterocycles. The van der Waals surface area contributed by atoms with E-state index in [0.29, 0.717) is 13.2 Å². The monoisotopic (exact) mass is 610 g/mol. The van der Waals surface area contributed by atoms with E-state index < -0.39 is 10.5 Å². The van der Waals surface area contributed by atoms with Gasteiger partial charge in [-0.05, 0) is 12.8 Å². The standard InChI is InChI=1S/2C15H30O2S.Zn/c2*1-3-4-5-6-7-8-9-10-11-12-13-17-15(16)14(2)18;/h2*14,18H,3-13H2,1-2H3;/q;;+2/p-2. The second-order valence-electron chi connectivity index (χ2n) is 9.98. The number of carbonyl (C=O) groups excluding carboxylic acids is 2. The van der Waals surface area contributed by atoms with Gasteiger partial charge in [-0.1, -0.05) is 154 Å². The van der Waals surface area contributed by atoms with E-state index in [0.717, 1.165) is 25.7 Å². The van der Waals surface area contributed by atoms with Gasteiger partial charge in [0.15, 0.2) is 0 Å². The number of unbranched alkanes of at least 4 members (excludes halogenated alkanes) is 18. The molecule has 37 heavy (non-hydrogen) atoms. The molecule has 7 heteroatoms. The molecule has 0 bridgehead atoms. The Balaban J connectivity index is -0.000000608. The molecule has 0 aromatic rings. The molecule has 2 unspecified atom stereocenters. The van der Waals surface area contributed by atoms with Crippen molar-refractivity contribution in [1.29, 1.82) is 0 Å². The molecule has 216 valence electrons. The summed E-state index contributed by atoms with van der Waals surface area (Å²) in [4.78, 5) is 22.2. The fourth-order valence-corrected chi connectivity index (χ4v) is 3.90. The zero-order valence-electron chi connectivity index (χ0n) is 24.9. The average Bonchev–Trinajstić information content (AvgIpc) is 2.85. The van der Waals surface area contributed by atoms with Gasteiger partial charge in [0.1, 0.15) is 0 Å². The first-order valence-corrected chi connectivity index (χ1v) is 16.0. The molecule has 0 heterocycles. The molecule has 0 saturated carbocycles. The fraction of sp³-hybridized carbons (Fsp3) is 0.933. The maximum absolute atomic E-state index is 11.1. The normalized spacial score (nSPS) is 12.1. The van der Waals surface area contributed by atoms with Gasteiger partial charge in [-0.15, -0.1) is 0 Å². The SMILES string of the molecule is CCCCCCCCCCCCOC(=O)C(C)[S-].CCCCCCCCCCCCOC(=O)C(C)[S-].[Zn+2]. The molecule has 0 fully saturated rings. The summed E-state index contributed by atoms with van der Waals surface area (Å²) in [5, 5.41) is -0.818. The van der Waals surface area contributed by atoms with Crippen LogP contribution in [0.15, 0.2) is 0 Å². The summed E-state index contributed by atoms with van der Waals surface area (Å²) in [6.07, 6.45) is 25.9. The van der Waals surface area contributed by atoms with Crippen LogP contribution in [0, 0.1) is 0 Å². The van der Waals surface area contributed by atoms with Gasteiger partial charge in [-0.25, -0.2) is 0 Å². The molecule has 0 N–H and O–H groups in total. The second-order valence-corrected chi connectivity index (χ2v) is 11.4. The fourth-order valence-electron chi connectivity index (χ4n) is 3.76. The molecule has 0 radical (unpaired) electrons. The number of hydrogen-bond acceptors (Lipinski definition) is 6. The van der Waals surface area contributed by atoms with Gasteiger partial charge in [0.25, 0.3) is 11.9 Å². The van der Waals surface area contributed by atoms with Gasteiger partial charge in [0, 0.05) is 0 Å². The average molecular weight is 612 g/mol. The van der Waals surface area contributed by atoms with E-state index in [1.165, 1.54) is 103 Å². The molecular formula is C30H58O4S2Zn. The topological polar surface area (TPSA) is 52.6 Å². The predicted octanol–water partition coefficient (Wildman–Crippen LogP) is 8.77. The van der Waals surface area contributed by atoms with Crippen LogP contribution >= 0.6 is 0 Å². The largest absolute Gasteiger partial charge is 2.00 e. The van der Waals surface area contributed by atoms with Crippen molar-refractivity contribution in [2.75, 3.05) is 13.2 Å². The van der Waals surface area contributed by atoms with E-state index in [4.69, 9.17) is 34.7 Å². The predicted molar refractivity (Wildman–Crippen MR) is 159 cm³/mol. The second kappa shape index (κ2) is 34.3. The van der Waals surface area contributed by atoms with Gasteiger partial charge >= 0.3 is 19.5 Å². The van der Waals surface area contributed by atoms with E-state index in [9.17, 15) is 9.59 Å². The summed E-state index contributed by atoms with van der Waals surface area (Å²) in [5.41, 5.74) is 0. The summed E-state index contributed by atoms with van der Waals surface area (Å²) in [6.45, 7) is 8.96. The maximum Gasteiger partial charge on any atom is 2.00 e. The Morgan fingerprint density at radius 3 is 0.919 bits per heavy atom. The first-order valence-electron chi connectivity index (χ1n) is 15.0. The van der Waals surface area contributed by atoms with Crippen LogP contribution in [0.3, 0.4) is 0 Å². The Morgan fingerprint density at radius 1 is 0.486 bits per heavy atom. The number of carbonyl (C=O) groups is 2. The third kappa shape index (κ3) is 36.3. The van der Waals surface area contributed by atoms with Crippen molar-refractivity contribution in [3.63, 3.8) is 0 Å². The Morgan fingerprint density at radius 2 is 0.703 bits per heavy atom. The first-order chi connectivity index (χ1) is 17.4. The van der Waals surface area contributed by atoms with Crippen molar-refractivity contribution in [1.82, 2.24) is 0 Å². The summed E-state index contributed by atoms with van der Waals surface area (Å²) in [7, 11) is 0. The molecule has 0 aliphatic heterocycles. The molecule has 0 spiro atoms. The smallest absolute Gasteiger partial charge is 0.778 e. The summed E-state index contributed by atoms with van der Waals surface area (Å²) < 4.78 is 10.1. The van der Waals surface area contributed by atoms with Crippen molar-refractivity contribution < 1.29 is 38.5 Å². The molecule has 4 nitrogen and oxygen atoms in total. The van der Waals surface area contributed by atoms with Gasteiger partial charge in [-0.3, -0.25) is 9.59 Å². The minimum atomic E-state index is -0.409. The van der Waals surface area contributed by atoms with Crippen molar-refractivity contribution in [2.24, 2.45) is 0 Å². The van der Waals surface area contributed by atoms with Gasteiger partial charge < -0.3 is 34.7 Å². The van der Waals surface area contributed by atoms with E-state index in [1.807, 2.05) is 0 Å². The number of hydrogen-bond donors (Lipinski definition) is 0. The Labute approximate surface area is 254 Å². The number of ether oxygens (including phenoxy) is 2. The molecule has 0 aliphatic carbocycles. The van der Waals surface area contributed by atoms with Crippen LogP contribution in [0.5, 0.6) is 0 Å². The minimum Gasteiger partial charge on any atom is -0.778 e. The third-order valence-corrected chi connectivity index (χ3v) is 6.53. The van der Waals surface area contributed by atoms with Crippen LogP contribution < -0.4 is 0 Å². The van der Waals surface area contributed by atoms with Crippen molar-refractivity contribution in [2.45, 2.75) is 167 Å². The number of rotatable bonds is 24. The van der Waals surface area contributed by atoms with Crippen LogP contribution in [-0.2, 0) is 63.8 Å². The Hall–Kier alpha value is 0.263. The zero-order valence-corrected chi connectivity index (χ0v) is 29.5. The maximum atomic E-state index is 11.1. The molecule has 0 rings (SSSR count). The van der Waals surface area contributed by atoms with Gasteiger partial charge in [-0.2, -0.15) is 0 Å². The first kappa shape index (κ1) is 41.7. The summed E-state index contributed by atoms with van der Waals surface area (Å²) in [6, 6.07) is 0. The van der Waals surface area contributed by atoms with E-state index in [-0.39, 0.29) is 31.4 Å². The van der Waals surface area contributed by atoms with Crippen molar-refractivity contribution in [3.05, 3.63) is 0 Å². The summed E-state index contributed by atoms with van der Waals surface area (Å²) >= 11 is 9.61. The van der Waals surface area contributed by atoms with Crippen LogP contribution in [-0.4, -0.2) is 35.7 Å². The minimum absolute atomic E-state index is 0. The number of esters is 2. The van der Waals surface area contributed by atoms with Gasteiger partial charge in [0.2, 0.25) is 0 Å². The zero-order chi connectivity index (χ0) is 27.3. The quantitative estimate of drug-likeness (QED) is 0.0470. The molecule has 0 aromatic carbocycles. The molecule has 0 amide bonds. The van der Waals surface area contributed by atoms with Crippen LogP contribution in [0.1, 0.15) is 156 Å². The van der Waals surface area contributed by atoms with Crippen molar-refractivity contribution >= 4 is 37.2 Å². The van der Waals surface area contributed by atoms with E-state index >= 15 is 0 Å². The Bertz CT molecular complexity index is 434. The van der Waals surface area contributed by atoms with Gasteiger partial charge in [0.05, 0.1) is 13.2 Å². The van der Waals surface area contributed by atoms with E-state index in [2.05, 4.69) is 13.8 Å².